The van der Waals surface area contributed by atoms with Gasteiger partial charge in [-0.1, -0.05) is 19.3 Å². The molecule has 0 radical (unpaired) electrons. The molecule has 1 unspecified atom stereocenters. The Kier molecular flexibility index (Phi) is 5.01. The maximum atomic E-state index is 12.4. The van der Waals surface area contributed by atoms with Crippen LogP contribution in [-0.4, -0.2) is 62.0 Å². The lowest BCUT2D eigenvalue weighted by atomic mass is 9.89. The Morgan fingerprint density at radius 1 is 1.33 bits per heavy atom. The fraction of sp³-hybridized carbons (Fsp3) is 0.929. The fourth-order valence-corrected chi connectivity index (χ4v) is 3.18. The molecule has 0 bridgehead atoms. The van der Waals surface area contributed by atoms with Crippen LogP contribution in [0.2, 0.25) is 0 Å². The molecule has 2 aliphatic rings. The Morgan fingerprint density at radius 3 is 2.72 bits per heavy atom. The van der Waals surface area contributed by atoms with Crippen LogP contribution in [0.3, 0.4) is 0 Å². The van der Waals surface area contributed by atoms with Gasteiger partial charge in [-0.25, -0.2) is 0 Å². The van der Waals surface area contributed by atoms with Crippen LogP contribution in [0.4, 0.5) is 0 Å². The first-order valence-corrected chi connectivity index (χ1v) is 7.33. The van der Waals surface area contributed by atoms with Gasteiger partial charge in [-0.2, -0.15) is 0 Å². The number of piperazine rings is 1. The summed E-state index contributed by atoms with van der Waals surface area (Å²) < 4.78 is 0. The van der Waals surface area contributed by atoms with Crippen molar-refractivity contribution < 1.29 is 4.79 Å². The molecular formula is C14H27N3O. The van der Waals surface area contributed by atoms with E-state index in [2.05, 4.69) is 17.3 Å². The zero-order valence-electron chi connectivity index (χ0n) is 11.8. The largest absolute Gasteiger partial charge is 0.344 e. The summed E-state index contributed by atoms with van der Waals surface area (Å²) in [6, 6.07) is -0.00246. The van der Waals surface area contributed by atoms with Crippen molar-refractivity contribution in [3.8, 4) is 0 Å². The van der Waals surface area contributed by atoms with Crippen molar-refractivity contribution in [2.75, 3.05) is 40.3 Å². The van der Waals surface area contributed by atoms with Crippen LogP contribution in [-0.2, 0) is 4.79 Å². The minimum atomic E-state index is -0.00246. The summed E-state index contributed by atoms with van der Waals surface area (Å²) in [6.45, 7) is 3.74. The number of likely N-dealkylation sites (N-methyl/N-ethyl adjacent to an activating group) is 2. The van der Waals surface area contributed by atoms with Gasteiger partial charge in [-0.05, 0) is 25.8 Å². The minimum Gasteiger partial charge on any atom is -0.344 e. The third-order valence-corrected chi connectivity index (χ3v) is 4.31. The van der Waals surface area contributed by atoms with Gasteiger partial charge >= 0.3 is 0 Å². The number of hydrogen-bond donors (Lipinski definition) is 1. The van der Waals surface area contributed by atoms with E-state index in [1.807, 2.05) is 11.9 Å². The lowest BCUT2D eigenvalue weighted by Crippen LogP contribution is -2.56. The first-order chi connectivity index (χ1) is 8.66. The van der Waals surface area contributed by atoms with Crippen LogP contribution >= 0.6 is 0 Å². The van der Waals surface area contributed by atoms with Gasteiger partial charge in [0.15, 0.2) is 0 Å². The predicted octanol–water partition coefficient (Wildman–Crippen LogP) is 0.929. The van der Waals surface area contributed by atoms with Crippen molar-refractivity contribution in [2.45, 2.75) is 38.1 Å². The molecular weight excluding hydrogens is 226 g/mol. The molecule has 1 saturated carbocycles. The van der Waals surface area contributed by atoms with E-state index in [9.17, 15) is 4.79 Å². The molecule has 104 valence electrons. The Bertz CT molecular complexity index is 276. The molecule has 0 spiro atoms. The molecule has 1 aliphatic carbocycles. The third-order valence-electron chi connectivity index (χ3n) is 4.31. The molecule has 0 aromatic heterocycles. The van der Waals surface area contributed by atoms with Crippen LogP contribution in [0.25, 0.3) is 0 Å². The summed E-state index contributed by atoms with van der Waals surface area (Å²) >= 11 is 0. The van der Waals surface area contributed by atoms with Crippen LogP contribution < -0.4 is 5.32 Å². The summed E-state index contributed by atoms with van der Waals surface area (Å²) in [5.74, 6) is 1.00. The Hall–Kier alpha value is -0.610. The monoisotopic (exact) mass is 253 g/mol. The van der Waals surface area contributed by atoms with Crippen molar-refractivity contribution in [1.82, 2.24) is 15.1 Å². The number of nitrogens with one attached hydrogen (secondary N) is 1. The summed E-state index contributed by atoms with van der Waals surface area (Å²) in [4.78, 5) is 16.5. The topological polar surface area (TPSA) is 35.6 Å². The fourth-order valence-electron chi connectivity index (χ4n) is 3.18. The molecule has 4 heteroatoms. The number of carbonyl (C=O) groups excluding carboxylic acids is 1. The molecule has 1 saturated heterocycles. The van der Waals surface area contributed by atoms with Gasteiger partial charge in [-0.3, -0.25) is 4.79 Å². The molecule has 1 aliphatic heterocycles. The lowest BCUT2D eigenvalue weighted by molar-refractivity contribution is -0.133. The van der Waals surface area contributed by atoms with E-state index in [-0.39, 0.29) is 11.9 Å². The normalized spacial score (nSPS) is 27.1. The van der Waals surface area contributed by atoms with Crippen molar-refractivity contribution in [3.05, 3.63) is 0 Å². The van der Waals surface area contributed by atoms with Crippen LogP contribution in [0.5, 0.6) is 0 Å². The minimum absolute atomic E-state index is 0.00246. The standard InChI is InChI=1S/C14H27N3O/c1-16-9-8-15-13(11-16)14(18)17(2)10-12-6-4-3-5-7-12/h12-13,15H,3-11H2,1-2H3. The van der Waals surface area contributed by atoms with Crippen molar-refractivity contribution in [2.24, 2.45) is 5.92 Å². The van der Waals surface area contributed by atoms with Gasteiger partial charge in [0.05, 0.1) is 6.04 Å². The van der Waals surface area contributed by atoms with E-state index in [0.717, 1.165) is 32.1 Å². The molecule has 4 nitrogen and oxygen atoms in total. The highest BCUT2D eigenvalue weighted by Crippen LogP contribution is 2.24. The number of amides is 1. The highest BCUT2D eigenvalue weighted by molar-refractivity contribution is 5.82. The van der Waals surface area contributed by atoms with Gasteiger partial charge < -0.3 is 15.1 Å². The third kappa shape index (κ3) is 3.69. The molecule has 2 rings (SSSR count). The zero-order valence-corrected chi connectivity index (χ0v) is 11.8. The van der Waals surface area contributed by atoms with Crippen LogP contribution in [0, 0.1) is 5.92 Å². The summed E-state index contributed by atoms with van der Waals surface area (Å²) in [7, 11) is 4.05. The average molecular weight is 253 g/mol. The molecule has 0 aromatic rings. The van der Waals surface area contributed by atoms with Gasteiger partial charge in [0.25, 0.3) is 0 Å². The average Bonchev–Trinajstić information content (AvgIpc) is 2.39. The zero-order chi connectivity index (χ0) is 13.0. The first-order valence-electron chi connectivity index (χ1n) is 7.33. The van der Waals surface area contributed by atoms with Crippen molar-refractivity contribution in [1.29, 1.82) is 0 Å². The Morgan fingerprint density at radius 2 is 2.06 bits per heavy atom. The van der Waals surface area contributed by atoms with E-state index in [0.29, 0.717) is 0 Å². The molecule has 0 aromatic carbocycles. The summed E-state index contributed by atoms with van der Waals surface area (Å²) in [5, 5.41) is 3.33. The van der Waals surface area contributed by atoms with Gasteiger partial charge in [0, 0.05) is 33.2 Å². The predicted molar refractivity (Wildman–Crippen MR) is 73.5 cm³/mol. The molecule has 1 atom stereocenters. The highest BCUT2D eigenvalue weighted by atomic mass is 16.2. The smallest absolute Gasteiger partial charge is 0.240 e. The molecule has 2 fully saturated rings. The summed E-state index contributed by atoms with van der Waals surface area (Å²) in [6.07, 6.45) is 6.67. The van der Waals surface area contributed by atoms with E-state index < -0.39 is 0 Å². The van der Waals surface area contributed by atoms with Crippen molar-refractivity contribution in [3.63, 3.8) is 0 Å². The summed E-state index contributed by atoms with van der Waals surface area (Å²) in [5.41, 5.74) is 0. The second-order valence-corrected chi connectivity index (χ2v) is 5.99. The Labute approximate surface area is 111 Å². The number of rotatable bonds is 3. The molecule has 1 heterocycles. The second kappa shape index (κ2) is 6.53. The van der Waals surface area contributed by atoms with E-state index >= 15 is 0 Å². The quantitative estimate of drug-likeness (QED) is 0.813. The first kappa shape index (κ1) is 13.8. The van der Waals surface area contributed by atoms with E-state index in [1.54, 1.807) is 0 Å². The van der Waals surface area contributed by atoms with Gasteiger partial charge in [-0.15, -0.1) is 0 Å². The van der Waals surface area contributed by atoms with Crippen LogP contribution in [0.15, 0.2) is 0 Å². The van der Waals surface area contributed by atoms with Crippen molar-refractivity contribution >= 4 is 5.91 Å². The molecule has 18 heavy (non-hydrogen) atoms. The van der Waals surface area contributed by atoms with E-state index in [1.165, 1.54) is 32.1 Å². The van der Waals surface area contributed by atoms with Gasteiger partial charge in [0.1, 0.15) is 0 Å². The Balaban J connectivity index is 1.79. The number of carbonyl (C=O) groups is 1. The number of nitrogens with zero attached hydrogens (tertiary/aromatic N) is 2. The maximum Gasteiger partial charge on any atom is 0.240 e. The lowest BCUT2D eigenvalue weighted by Gasteiger charge is -2.34. The maximum absolute atomic E-state index is 12.4. The second-order valence-electron chi connectivity index (χ2n) is 5.99. The van der Waals surface area contributed by atoms with Crippen LogP contribution in [0.1, 0.15) is 32.1 Å². The molecule has 1 amide bonds. The SMILES string of the molecule is CN1CCNC(C(=O)N(C)CC2CCCCC2)C1. The number of hydrogen-bond acceptors (Lipinski definition) is 3. The van der Waals surface area contributed by atoms with E-state index in [4.69, 9.17) is 0 Å². The highest BCUT2D eigenvalue weighted by Gasteiger charge is 2.27. The molecule has 1 N–H and O–H groups in total. The van der Waals surface area contributed by atoms with Gasteiger partial charge in [0.2, 0.25) is 5.91 Å².